The van der Waals surface area contributed by atoms with E-state index in [1.165, 1.54) is 11.9 Å². The molecule has 2 fully saturated rings. The van der Waals surface area contributed by atoms with Gasteiger partial charge in [-0.1, -0.05) is 36.4 Å². The van der Waals surface area contributed by atoms with Gasteiger partial charge in [-0.15, -0.1) is 4.95 Å². The van der Waals surface area contributed by atoms with Crippen LogP contribution in [-0.2, 0) is 6.54 Å². The maximum atomic E-state index is 12.8. The summed E-state index contributed by atoms with van der Waals surface area (Å²) in [5.41, 5.74) is 4.31. The smallest absolute Gasteiger partial charge is 0.284 e. The van der Waals surface area contributed by atoms with Crippen molar-refractivity contribution in [1.82, 2.24) is 35.0 Å². The molecule has 0 saturated carbocycles. The first-order chi connectivity index (χ1) is 20.5. The Labute approximate surface area is 248 Å². The van der Waals surface area contributed by atoms with Crippen LogP contribution < -0.4 is 5.32 Å². The minimum absolute atomic E-state index is 0.111. The number of hydrogen-bond acceptors (Lipinski definition) is 6. The van der Waals surface area contributed by atoms with E-state index in [4.69, 9.17) is 6.57 Å². The van der Waals surface area contributed by atoms with Crippen LogP contribution >= 0.6 is 0 Å². The van der Waals surface area contributed by atoms with Crippen LogP contribution in [0, 0.1) is 20.4 Å². The Morgan fingerprint density at radius 2 is 1.86 bits per heavy atom. The molecular weight excluding hydrogens is 526 g/mol. The molecule has 1 amide bonds. The predicted molar refractivity (Wildman–Crippen MR) is 162 cm³/mol. The Morgan fingerprint density at radius 3 is 2.52 bits per heavy atom. The Kier molecular flexibility index (Phi) is 9.39. The molecule has 1 aromatic carbocycles. The lowest BCUT2D eigenvalue weighted by Crippen LogP contribution is -2.50. The van der Waals surface area contributed by atoms with Gasteiger partial charge in [0, 0.05) is 57.2 Å². The van der Waals surface area contributed by atoms with Crippen LogP contribution in [0.25, 0.3) is 4.95 Å². The van der Waals surface area contributed by atoms with E-state index in [0.29, 0.717) is 36.1 Å². The van der Waals surface area contributed by atoms with E-state index in [1.807, 2.05) is 32.2 Å². The largest absolute Gasteiger partial charge is 0.352 e. The van der Waals surface area contributed by atoms with E-state index in [1.54, 1.807) is 6.20 Å². The van der Waals surface area contributed by atoms with Gasteiger partial charge in [-0.05, 0) is 57.2 Å². The van der Waals surface area contributed by atoms with Crippen molar-refractivity contribution >= 4 is 11.9 Å². The van der Waals surface area contributed by atoms with Crippen LogP contribution in [0.1, 0.15) is 65.1 Å². The van der Waals surface area contributed by atoms with Gasteiger partial charge in [0.05, 0.1) is 23.0 Å². The van der Waals surface area contributed by atoms with Crippen molar-refractivity contribution in [3.05, 3.63) is 101 Å². The van der Waals surface area contributed by atoms with E-state index in [0.717, 1.165) is 50.4 Å². The average molecular weight is 566 g/mol. The monoisotopic (exact) mass is 565 g/mol. The second-order valence-corrected chi connectivity index (χ2v) is 11.2. The maximum absolute atomic E-state index is 12.8. The number of nitrogens with one attached hydrogen (secondary N) is 1. The molecule has 218 valence electrons. The number of piperidine rings is 1. The number of aromatic nitrogens is 3. The summed E-state index contributed by atoms with van der Waals surface area (Å²) in [6.07, 6.45) is 7.99. The van der Waals surface area contributed by atoms with Crippen molar-refractivity contribution in [2.24, 2.45) is 5.10 Å². The summed E-state index contributed by atoms with van der Waals surface area (Å²) < 4.78 is 0. The normalized spacial score (nSPS) is 19.6. The van der Waals surface area contributed by atoms with Crippen molar-refractivity contribution < 1.29 is 4.79 Å². The topological polar surface area (TPSA) is 94.2 Å². The van der Waals surface area contributed by atoms with Gasteiger partial charge in [-0.25, -0.2) is 9.97 Å². The first-order valence-corrected chi connectivity index (χ1v) is 14.7. The molecule has 10 nitrogen and oxygen atoms in total. The summed E-state index contributed by atoms with van der Waals surface area (Å²) in [5.74, 6) is 0.646. The number of aryl methyl sites for hydroxylation is 2. The third-order valence-electron chi connectivity index (χ3n) is 8.48. The number of benzene rings is 1. The van der Waals surface area contributed by atoms with Gasteiger partial charge in [0.25, 0.3) is 11.9 Å². The molecule has 0 unspecified atom stereocenters. The summed E-state index contributed by atoms with van der Waals surface area (Å²) in [7, 11) is 0. The SMILES string of the molecule is [C-]#[N+]N=C1N(Cc2cccnc2)C[C@@H](c2ccccc2)N1C1CCN([C@@H](C)CCNC(=O)c2c(C)ncnc2C)CC1. The zero-order valence-electron chi connectivity index (χ0n) is 24.6. The average Bonchev–Trinajstić information content (AvgIpc) is 3.35. The second-order valence-electron chi connectivity index (χ2n) is 11.2. The van der Waals surface area contributed by atoms with Gasteiger partial charge >= 0.3 is 0 Å². The summed E-state index contributed by atoms with van der Waals surface area (Å²) in [5, 5.41) is 7.42. The number of rotatable bonds is 9. The third-order valence-corrected chi connectivity index (χ3v) is 8.48. The molecule has 2 saturated heterocycles. The Hall–Kier alpha value is -4.36. The van der Waals surface area contributed by atoms with E-state index in [9.17, 15) is 4.79 Å². The van der Waals surface area contributed by atoms with Crippen molar-refractivity contribution in [2.75, 3.05) is 26.2 Å². The summed E-state index contributed by atoms with van der Waals surface area (Å²) >= 11 is 0. The lowest BCUT2D eigenvalue weighted by molar-refractivity contribution is 0.0929. The molecule has 1 N–H and O–H groups in total. The number of amides is 1. The molecule has 5 rings (SSSR count). The summed E-state index contributed by atoms with van der Waals surface area (Å²) in [4.78, 5) is 36.0. The number of guanidine groups is 1. The molecule has 3 aromatic rings. The van der Waals surface area contributed by atoms with Crippen LogP contribution in [0.3, 0.4) is 0 Å². The van der Waals surface area contributed by atoms with Crippen molar-refractivity contribution in [3.8, 4) is 0 Å². The zero-order chi connectivity index (χ0) is 29.5. The predicted octanol–water partition coefficient (Wildman–Crippen LogP) is 4.21. The third kappa shape index (κ3) is 6.58. The highest BCUT2D eigenvalue weighted by Gasteiger charge is 2.43. The number of likely N-dealkylation sites (tertiary alicyclic amines) is 1. The fourth-order valence-corrected chi connectivity index (χ4v) is 6.24. The molecule has 2 aromatic heterocycles. The molecule has 42 heavy (non-hydrogen) atoms. The lowest BCUT2D eigenvalue weighted by Gasteiger charge is -2.41. The summed E-state index contributed by atoms with van der Waals surface area (Å²) in [6, 6.07) is 15.3. The fourth-order valence-electron chi connectivity index (χ4n) is 6.24. The van der Waals surface area contributed by atoms with Gasteiger partial charge in [-0.3, -0.25) is 9.78 Å². The molecular formula is C32H39N9O. The van der Waals surface area contributed by atoms with Crippen LogP contribution in [0.2, 0.25) is 0 Å². The number of carbonyl (C=O) groups excluding carboxylic acids is 1. The number of carbonyl (C=O) groups is 1. The van der Waals surface area contributed by atoms with Crippen molar-refractivity contribution in [3.63, 3.8) is 0 Å². The standard InChI is InChI=1S/C32H39N9O/c1-23(12-16-35-31(42)30-24(2)36-22-37-25(30)3)39-17-13-28(14-18-39)41-29(27-10-6-5-7-11-27)21-40(32(41)38-33-4)20-26-9-8-15-34-19-26/h5-11,15,19,22-23,28-29H,12-14,16-18,20-21H2,1-3H3,(H,35,42)/t23-,29-/m0/s1. The van der Waals surface area contributed by atoms with Gasteiger partial charge in [0.15, 0.2) is 0 Å². The van der Waals surface area contributed by atoms with Crippen LogP contribution in [0.4, 0.5) is 0 Å². The van der Waals surface area contributed by atoms with E-state index in [2.05, 4.69) is 82.3 Å². The first kappa shape index (κ1) is 29.1. The number of hydrogen-bond donors (Lipinski definition) is 1. The highest BCUT2D eigenvalue weighted by Crippen LogP contribution is 2.36. The quantitative estimate of drug-likeness (QED) is 0.307. The summed E-state index contributed by atoms with van der Waals surface area (Å²) in [6.45, 7) is 17.5. The fraction of sp³-hybridized carbons (Fsp3) is 0.438. The zero-order valence-corrected chi connectivity index (χ0v) is 24.6. The minimum atomic E-state index is -0.111. The highest BCUT2D eigenvalue weighted by atomic mass is 16.1. The Bertz CT molecular complexity index is 1390. The van der Waals surface area contributed by atoms with Crippen LogP contribution in [0.15, 0.2) is 66.3 Å². The first-order valence-electron chi connectivity index (χ1n) is 14.7. The Balaban J connectivity index is 1.23. The van der Waals surface area contributed by atoms with Crippen LogP contribution in [-0.4, -0.2) is 79.8 Å². The minimum Gasteiger partial charge on any atom is -0.352 e. The lowest BCUT2D eigenvalue weighted by atomic mass is 9.98. The molecule has 0 radical (unpaired) electrons. The van der Waals surface area contributed by atoms with Crippen LogP contribution in [0.5, 0.6) is 0 Å². The molecule has 2 aliphatic rings. The maximum Gasteiger partial charge on any atom is 0.284 e. The molecule has 0 bridgehead atoms. The number of pyridine rings is 1. The molecule has 2 aliphatic heterocycles. The van der Waals surface area contributed by atoms with Gasteiger partial charge in [-0.2, -0.15) is 6.57 Å². The molecule has 0 spiro atoms. The van der Waals surface area contributed by atoms with Crippen molar-refractivity contribution in [2.45, 2.75) is 64.7 Å². The molecule has 10 heteroatoms. The van der Waals surface area contributed by atoms with Gasteiger partial charge < -0.3 is 20.0 Å². The van der Waals surface area contributed by atoms with E-state index in [-0.39, 0.29) is 18.0 Å². The number of nitrogens with zero attached hydrogens (tertiary/aromatic N) is 8. The van der Waals surface area contributed by atoms with E-state index >= 15 is 0 Å². The van der Waals surface area contributed by atoms with Gasteiger partial charge in [0.1, 0.15) is 11.4 Å². The molecule has 0 aliphatic carbocycles. The second kappa shape index (κ2) is 13.5. The van der Waals surface area contributed by atoms with Gasteiger partial charge in [0.2, 0.25) is 0 Å². The van der Waals surface area contributed by atoms with Crippen molar-refractivity contribution in [1.29, 1.82) is 0 Å². The Morgan fingerprint density at radius 1 is 1.12 bits per heavy atom. The van der Waals surface area contributed by atoms with E-state index < -0.39 is 0 Å². The molecule has 4 heterocycles. The highest BCUT2D eigenvalue weighted by molar-refractivity contribution is 5.96. The molecule has 2 atom stereocenters.